The van der Waals surface area contributed by atoms with Crippen molar-refractivity contribution < 1.29 is 14.3 Å². The van der Waals surface area contributed by atoms with E-state index < -0.39 is 0 Å². The summed E-state index contributed by atoms with van der Waals surface area (Å²) in [5, 5.41) is 0. The van der Waals surface area contributed by atoms with E-state index in [1.807, 2.05) is 66.7 Å². The number of hydrogen-bond donors (Lipinski definition) is 0. The average Bonchev–Trinajstić information content (AvgIpc) is 2.77. The first-order chi connectivity index (χ1) is 14.3. The number of para-hydroxylation sites is 1. The van der Waals surface area contributed by atoms with Crippen LogP contribution in [0.2, 0.25) is 0 Å². The highest BCUT2D eigenvalue weighted by atomic mass is 16.5. The van der Waals surface area contributed by atoms with Gasteiger partial charge in [-0.3, -0.25) is 0 Å². The van der Waals surface area contributed by atoms with E-state index in [1.54, 1.807) is 12.1 Å². The Morgan fingerprint density at radius 2 is 1.45 bits per heavy atom. The molecule has 0 unspecified atom stereocenters. The van der Waals surface area contributed by atoms with Gasteiger partial charge in [0.25, 0.3) is 0 Å². The minimum Gasteiger partial charge on any atom is -0.494 e. The molecule has 0 aromatic heterocycles. The van der Waals surface area contributed by atoms with Crippen LogP contribution in [0.15, 0.2) is 78.9 Å². The van der Waals surface area contributed by atoms with Gasteiger partial charge in [0.05, 0.1) is 12.2 Å². The lowest BCUT2D eigenvalue weighted by Gasteiger charge is -2.11. The highest BCUT2D eigenvalue weighted by molar-refractivity contribution is 5.92. The van der Waals surface area contributed by atoms with Gasteiger partial charge in [-0.05, 0) is 42.3 Å². The minimum absolute atomic E-state index is 0.375. The maximum Gasteiger partial charge on any atom is 0.343 e. The number of rotatable bonds is 10. The summed E-state index contributed by atoms with van der Waals surface area (Å²) in [6, 6.07) is 24.6. The predicted octanol–water partition coefficient (Wildman–Crippen LogP) is 6.92. The van der Waals surface area contributed by atoms with Gasteiger partial charge in [0.1, 0.15) is 11.5 Å². The van der Waals surface area contributed by atoms with Crippen molar-refractivity contribution in [3.63, 3.8) is 0 Å². The molecule has 0 aliphatic carbocycles. The van der Waals surface area contributed by atoms with Crippen molar-refractivity contribution in [2.75, 3.05) is 6.61 Å². The molecule has 150 valence electrons. The third kappa shape index (κ3) is 6.21. The maximum absolute atomic E-state index is 12.6. The van der Waals surface area contributed by atoms with Gasteiger partial charge in [-0.15, -0.1) is 0 Å². The van der Waals surface area contributed by atoms with Crippen LogP contribution in [0, 0.1) is 0 Å². The summed E-state index contributed by atoms with van der Waals surface area (Å²) < 4.78 is 11.4. The molecule has 3 rings (SSSR count). The fraction of sp³-hybridized carbons (Fsp3) is 0.269. The third-order valence-corrected chi connectivity index (χ3v) is 4.78. The molecule has 3 heteroatoms. The Hall–Kier alpha value is -3.07. The van der Waals surface area contributed by atoms with Crippen molar-refractivity contribution in [3.05, 3.63) is 84.4 Å². The molecule has 0 saturated heterocycles. The first-order valence-electron chi connectivity index (χ1n) is 10.4. The van der Waals surface area contributed by atoms with E-state index in [-0.39, 0.29) is 5.97 Å². The Morgan fingerprint density at radius 3 is 2.21 bits per heavy atom. The van der Waals surface area contributed by atoms with E-state index in [0.717, 1.165) is 23.3 Å². The second-order valence-corrected chi connectivity index (χ2v) is 7.04. The number of carbonyl (C=O) groups excluding carboxylic acids is 1. The number of esters is 1. The van der Waals surface area contributed by atoms with Crippen LogP contribution in [-0.4, -0.2) is 12.6 Å². The van der Waals surface area contributed by atoms with Gasteiger partial charge in [-0.2, -0.15) is 0 Å². The quantitative estimate of drug-likeness (QED) is 0.215. The van der Waals surface area contributed by atoms with Gasteiger partial charge in [0, 0.05) is 5.56 Å². The number of ether oxygens (including phenoxy) is 2. The summed E-state index contributed by atoms with van der Waals surface area (Å²) in [5.74, 6) is 0.956. The summed E-state index contributed by atoms with van der Waals surface area (Å²) >= 11 is 0. The number of hydrogen-bond acceptors (Lipinski definition) is 3. The van der Waals surface area contributed by atoms with E-state index in [2.05, 4.69) is 6.92 Å². The molecule has 0 radical (unpaired) electrons. The molecule has 29 heavy (non-hydrogen) atoms. The molecule has 0 N–H and O–H groups in total. The number of unbranched alkanes of at least 4 members (excludes halogenated alkanes) is 4. The molecule has 0 amide bonds. The summed E-state index contributed by atoms with van der Waals surface area (Å²) in [5.41, 5.74) is 2.41. The lowest BCUT2D eigenvalue weighted by atomic mass is 10.0. The standard InChI is InChI=1S/C26H28O3/c1-2-3-4-5-11-20-28-23-18-16-22(17-19-23)26(27)29-25-15-10-9-14-24(25)21-12-7-6-8-13-21/h6-10,12-19H,2-5,11,20H2,1H3. The summed E-state index contributed by atoms with van der Waals surface area (Å²) in [6.45, 7) is 2.92. The van der Waals surface area contributed by atoms with Crippen molar-refractivity contribution in [3.8, 4) is 22.6 Å². The fourth-order valence-corrected chi connectivity index (χ4v) is 3.15. The SMILES string of the molecule is CCCCCCCOc1ccc(C(=O)Oc2ccccc2-c2ccccc2)cc1. The van der Waals surface area contributed by atoms with E-state index in [4.69, 9.17) is 9.47 Å². The van der Waals surface area contributed by atoms with Crippen LogP contribution in [0.3, 0.4) is 0 Å². The van der Waals surface area contributed by atoms with E-state index in [1.165, 1.54) is 25.7 Å². The molecule has 0 heterocycles. The molecule has 3 aromatic carbocycles. The Balaban J connectivity index is 1.58. The molecule has 0 bridgehead atoms. The second-order valence-electron chi connectivity index (χ2n) is 7.04. The lowest BCUT2D eigenvalue weighted by molar-refractivity contribution is 0.0735. The van der Waals surface area contributed by atoms with Crippen molar-refractivity contribution in [1.82, 2.24) is 0 Å². The van der Waals surface area contributed by atoms with Crippen LogP contribution in [0.1, 0.15) is 49.4 Å². The average molecular weight is 389 g/mol. The van der Waals surface area contributed by atoms with Gasteiger partial charge in [-0.25, -0.2) is 4.79 Å². The lowest BCUT2D eigenvalue weighted by Crippen LogP contribution is -2.09. The first-order valence-corrected chi connectivity index (χ1v) is 10.4. The Bertz CT molecular complexity index is 885. The summed E-state index contributed by atoms with van der Waals surface area (Å²) in [7, 11) is 0. The highest BCUT2D eigenvalue weighted by Gasteiger charge is 2.12. The molecule has 0 atom stereocenters. The Labute approximate surface area is 173 Å². The minimum atomic E-state index is -0.375. The van der Waals surface area contributed by atoms with Gasteiger partial charge < -0.3 is 9.47 Å². The monoisotopic (exact) mass is 388 g/mol. The zero-order valence-corrected chi connectivity index (χ0v) is 17.0. The fourth-order valence-electron chi connectivity index (χ4n) is 3.15. The molecule has 0 fully saturated rings. The Morgan fingerprint density at radius 1 is 0.759 bits per heavy atom. The molecular weight excluding hydrogens is 360 g/mol. The van der Waals surface area contributed by atoms with Crippen molar-refractivity contribution in [1.29, 1.82) is 0 Å². The van der Waals surface area contributed by atoms with Crippen LogP contribution in [0.4, 0.5) is 0 Å². The predicted molar refractivity (Wildman–Crippen MR) is 118 cm³/mol. The van der Waals surface area contributed by atoms with Crippen LogP contribution in [0.5, 0.6) is 11.5 Å². The molecular formula is C26H28O3. The molecule has 0 aliphatic heterocycles. The Kier molecular flexibility index (Phi) is 7.88. The normalized spacial score (nSPS) is 10.5. The van der Waals surface area contributed by atoms with Crippen LogP contribution >= 0.6 is 0 Å². The van der Waals surface area contributed by atoms with E-state index in [9.17, 15) is 4.79 Å². The van der Waals surface area contributed by atoms with Crippen molar-refractivity contribution >= 4 is 5.97 Å². The van der Waals surface area contributed by atoms with E-state index in [0.29, 0.717) is 17.9 Å². The number of benzene rings is 3. The van der Waals surface area contributed by atoms with Gasteiger partial charge >= 0.3 is 5.97 Å². The van der Waals surface area contributed by atoms with Crippen molar-refractivity contribution in [2.24, 2.45) is 0 Å². The van der Waals surface area contributed by atoms with Gasteiger partial charge in [0.2, 0.25) is 0 Å². The third-order valence-electron chi connectivity index (χ3n) is 4.78. The van der Waals surface area contributed by atoms with E-state index >= 15 is 0 Å². The van der Waals surface area contributed by atoms with Gasteiger partial charge in [0.15, 0.2) is 0 Å². The van der Waals surface area contributed by atoms with Crippen LogP contribution in [0.25, 0.3) is 11.1 Å². The molecule has 0 saturated carbocycles. The summed E-state index contributed by atoms with van der Waals surface area (Å²) in [4.78, 5) is 12.6. The second kappa shape index (κ2) is 11.1. The maximum atomic E-state index is 12.6. The highest BCUT2D eigenvalue weighted by Crippen LogP contribution is 2.30. The summed E-state index contributed by atoms with van der Waals surface area (Å²) in [6.07, 6.45) is 6.03. The molecule has 3 aromatic rings. The van der Waals surface area contributed by atoms with Gasteiger partial charge in [-0.1, -0.05) is 81.1 Å². The van der Waals surface area contributed by atoms with Crippen LogP contribution < -0.4 is 9.47 Å². The molecule has 3 nitrogen and oxygen atoms in total. The molecule has 0 spiro atoms. The first kappa shape index (κ1) is 20.7. The topological polar surface area (TPSA) is 35.5 Å². The zero-order chi connectivity index (χ0) is 20.3. The number of carbonyl (C=O) groups is 1. The van der Waals surface area contributed by atoms with Crippen LogP contribution in [-0.2, 0) is 0 Å². The zero-order valence-electron chi connectivity index (χ0n) is 17.0. The molecule has 0 aliphatic rings. The smallest absolute Gasteiger partial charge is 0.343 e. The van der Waals surface area contributed by atoms with Crippen molar-refractivity contribution in [2.45, 2.75) is 39.0 Å². The largest absolute Gasteiger partial charge is 0.494 e.